The molecular formula is C13H19FN2O. The second kappa shape index (κ2) is 7.01. The van der Waals surface area contributed by atoms with Gasteiger partial charge in [-0.3, -0.25) is 4.79 Å². The van der Waals surface area contributed by atoms with E-state index in [1.165, 1.54) is 6.07 Å². The molecule has 17 heavy (non-hydrogen) atoms. The smallest absolute Gasteiger partial charge is 0.254 e. The number of hydrogen-bond acceptors (Lipinski definition) is 2. The van der Waals surface area contributed by atoms with Crippen molar-refractivity contribution in [3.05, 3.63) is 35.1 Å². The van der Waals surface area contributed by atoms with Crippen molar-refractivity contribution in [1.82, 2.24) is 10.6 Å². The number of nitrogens with one attached hydrogen (secondary N) is 2. The molecule has 1 aromatic rings. The van der Waals surface area contributed by atoms with Crippen LogP contribution >= 0.6 is 0 Å². The fourth-order valence-electron chi connectivity index (χ4n) is 1.47. The molecule has 1 aromatic carbocycles. The number of carbonyl (C=O) groups excluding carboxylic acids is 1. The van der Waals surface area contributed by atoms with Crippen molar-refractivity contribution in [2.24, 2.45) is 0 Å². The van der Waals surface area contributed by atoms with Gasteiger partial charge in [0.15, 0.2) is 0 Å². The minimum absolute atomic E-state index is 0.112. The highest BCUT2D eigenvalue weighted by molar-refractivity contribution is 5.94. The lowest BCUT2D eigenvalue weighted by molar-refractivity contribution is 0.0950. The van der Waals surface area contributed by atoms with E-state index in [1.807, 2.05) is 6.92 Å². The van der Waals surface area contributed by atoms with Crippen LogP contribution in [-0.2, 0) is 0 Å². The van der Waals surface area contributed by atoms with Crippen molar-refractivity contribution in [2.75, 3.05) is 19.6 Å². The second-order valence-corrected chi connectivity index (χ2v) is 3.99. The van der Waals surface area contributed by atoms with Gasteiger partial charge in [-0.1, -0.05) is 18.6 Å². The van der Waals surface area contributed by atoms with E-state index in [2.05, 4.69) is 17.6 Å². The summed E-state index contributed by atoms with van der Waals surface area (Å²) in [4.78, 5) is 11.7. The Morgan fingerprint density at radius 1 is 1.29 bits per heavy atom. The highest BCUT2D eigenvalue weighted by atomic mass is 19.1. The van der Waals surface area contributed by atoms with Gasteiger partial charge in [0, 0.05) is 13.1 Å². The van der Waals surface area contributed by atoms with Gasteiger partial charge in [-0.25, -0.2) is 4.39 Å². The van der Waals surface area contributed by atoms with E-state index in [0.717, 1.165) is 18.5 Å². The van der Waals surface area contributed by atoms with Crippen LogP contribution < -0.4 is 10.6 Å². The Morgan fingerprint density at radius 2 is 2.06 bits per heavy atom. The molecule has 2 N–H and O–H groups in total. The molecule has 0 aliphatic rings. The minimum atomic E-state index is -0.477. The van der Waals surface area contributed by atoms with Crippen molar-refractivity contribution in [1.29, 1.82) is 0 Å². The highest BCUT2D eigenvalue weighted by Crippen LogP contribution is 2.09. The third-order valence-electron chi connectivity index (χ3n) is 2.38. The summed E-state index contributed by atoms with van der Waals surface area (Å²) in [5.74, 6) is -0.834. The SMILES string of the molecule is CCCNCCNC(=O)c1cc(C)ccc1F. The van der Waals surface area contributed by atoms with E-state index >= 15 is 0 Å². The Morgan fingerprint density at radius 3 is 2.76 bits per heavy atom. The molecule has 0 bridgehead atoms. The predicted octanol–water partition coefficient (Wildman–Crippen LogP) is 1.86. The number of aryl methyl sites for hydroxylation is 1. The minimum Gasteiger partial charge on any atom is -0.351 e. The van der Waals surface area contributed by atoms with Gasteiger partial charge < -0.3 is 10.6 Å². The summed E-state index contributed by atoms with van der Waals surface area (Å²) in [7, 11) is 0. The van der Waals surface area contributed by atoms with Crippen molar-refractivity contribution >= 4 is 5.91 Å². The molecule has 0 radical (unpaired) electrons. The lowest BCUT2D eigenvalue weighted by Gasteiger charge is -2.07. The van der Waals surface area contributed by atoms with Crippen molar-refractivity contribution in [2.45, 2.75) is 20.3 Å². The molecule has 1 amide bonds. The lowest BCUT2D eigenvalue weighted by atomic mass is 10.1. The summed E-state index contributed by atoms with van der Waals surface area (Å²) >= 11 is 0. The van der Waals surface area contributed by atoms with E-state index in [-0.39, 0.29) is 11.5 Å². The van der Waals surface area contributed by atoms with Crippen LogP contribution in [0.3, 0.4) is 0 Å². The molecule has 0 spiro atoms. The molecule has 0 fully saturated rings. The first-order chi connectivity index (χ1) is 8.15. The normalized spacial score (nSPS) is 10.3. The molecule has 0 unspecified atom stereocenters. The monoisotopic (exact) mass is 238 g/mol. The summed E-state index contributed by atoms with van der Waals surface area (Å²) in [6.07, 6.45) is 1.06. The first-order valence-electron chi connectivity index (χ1n) is 5.90. The molecule has 1 rings (SSSR count). The van der Waals surface area contributed by atoms with Crippen LogP contribution in [0.15, 0.2) is 18.2 Å². The highest BCUT2D eigenvalue weighted by Gasteiger charge is 2.10. The molecule has 94 valence electrons. The Labute approximate surface area is 101 Å². The number of amides is 1. The lowest BCUT2D eigenvalue weighted by Crippen LogP contribution is -2.32. The maximum Gasteiger partial charge on any atom is 0.254 e. The standard InChI is InChI=1S/C13H19FN2O/c1-3-6-15-7-8-16-13(17)11-9-10(2)4-5-12(11)14/h4-5,9,15H,3,6-8H2,1-2H3,(H,16,17). The van der Waals surface area contributed by atoms with Crippen molar-refractivity contribution in [3.63, 3.8) is 0 Å². The molecule has 0 saturated carbocycles. The molecule has 0 aliphatic carbocycles. The third-order valence-corrected chi connectivity index (χ3v) is 2.38. The van der Waals surface area contributed by atoms with Gasteiger partial charge in [-0.2, -0.15) is 0 Å². The van der Waals surface area contributed by atoms with Crippen LogP contribution in [0.2, 0.25) is 0 Å². The Bertz CT molecular complexity index is 380. The van der Waals surface area contributed by atoms with Gasteiger partial charge >= 0.3 is 0 Å². The van der Waals surface area contributed by atoms with Crippen LogP contribution in [0.5, 0.6) is 0 Å². The zero-order valence-electron chi connectivity index (χ0n) is 10.3. The van der Waals surface area contributed by atoms with E-state index in [0.29, 0.717) is 13.1 Å². The largest absolute Gasteiger partial charge is 0.351 e. The Balaban J connectivity index is 2.44. The average molecular weight is 238 g/mol. The zero-order valence-corrected chi connectivity index (χ0v) is 10.3. The quantitative estimate of drug-likeness (QED) is 0.743. The molecule has 0 aliphatic heterocycles. The van der Waals surface area contributed by atoms with Gasteiger partial charge in [0.2, 0.25) is 0 Å². The summed E-state index contributed by atoms with van der Waals surface area (Å²) < 4.78 is 13.4. The van der Waals surface area contributed by atoms with E-state index in [9.17, 15) is 9.18 Å². The number of benzene rings is 1. The van der Waals surface area contributed by atoms with E-state index in [1.54, 1.807) is 12.1 Å². The van der Waals surface area contributed by atoms with Gasteiger partial charge in [0.05, 0.1) is 5.56 Å². The number of halogens is 1. The van der Waals surface area contributed by atoms with Gasteiger partial charge in [-0.15, -0.1) is 0 Å². The van der Waals surface area contributed by atoms with Crippen LogP contribution in [-0.4, -0.2) is 25.5 Å². The summed E-state index contributed by atoms with van der Waals surface area (Å²) in [5, 5.41) is 5.84. The number of hydrogen-bond donors (Lipinski definition) is 2. The van der Waals surface area contributed by atoms with Gasteiger partial charge in [0.25, 0.3) is 5.91 Å². The summed E-state index contributed by atoms with van der Waals surface area (Å²) in [5.41, 5.74) is 0.987. The van der Waals surface area contributed by atoms with Crippen molar-refractivity contribution in [3.8, 4) is 0 Å². The first kappa shape index (κ1) is 13.6. The maximum atomic E-state index is 13.4. The molecule has 3 nitrogen and oxygen atoms in total. The van der Waals surface area contributed by atoms with Crippen LogP contribution in [0, 0.1) is 12.7 Å². The fourth-order valence-corrected chi connectivity index (χ4v) is 1.47. The number of carbonyl (C=O) groups is 1. The molecule has 0 saturated heterocycles. The van der Waals surface area contributed by atoms with Crippen LogP contribution in [0.25, 0.3) is 0 Å². The molecule has 4 heteroatoms. The second-order valence-electron chi connectivity index (χ2n) is 3.99. The predicted molar refractivity (Wildman–Crippen MR) is 66.6 cm³/mol. The molecule has 0 atom stereocenters. The summed E-state index contributed by atoms with van der Waals surface area (Å²) in [6.45, 7) is 6.04. The Hall–Kier alpha value is -1.42. The maximum absolute atomic E-state index is 13.4. The van der Waals surface area contributed by atoms with Gasteiger partial charge in [-0.05, 0) is 32.0 Å². The topological polar surface area (TPSA) is 41.1 Å². The van der Waals surface area contributed by atoms with Crippen LogP contribution in [0.4, 0.5) is 4.39 Å². The molecule has 0 aromatic heterocycles. The average Bonchev–Trinajstić information content (AvgIpc) is 2.32. The third kappa shape index (κ3) is 4.53. The van der Waals surface area contributed by atoms with E-state index in [4.69, 9.17) is 0 Å². The van der Waals surface area contributed by atoms with Gasteiger partial charge in [0.1, 0.15) is 5.82 Å². The fraction of sp³-hybridized carbons (Fsp3) is 0.462. The first-order valence-corrected chi connectivity index (χ1v) is 5.90. The summed E-state index contributed by atoms with van der Waals surface area (Å²) in [6, 6.07) is 4.53. The molecule has 0 heterocycles. The molecular weight excluding hydrogens is 219 g/mol. The number of rotatable bonds is 6. The Kier molecular flexibility index (Phi) is 5.63. The van der Waals surface area contributed by atoms with Crippen molar-refractivity contribution < 1.29 is 9.18 Å². The van der Waals surface area contributed by atoms with E-state index < -0.39 is 5.82 Å². The zero-order chi connectivity index (χ0) is 12.7. The van der Waals surface area contributed by atoms with Crippen LogP contribution in [0.1, 0.15) is 29.3 Å².